The number of hydrogen-bond acceptors (Lipinski definition) is 0. The number of halogens is 3. The summed E-state index contributed by atoms with van der Waals surface area (Å²) >= 11 is 0. The van der Waals surface area contributed by atoms with E-state index >= 15 is 0 Å². The first-order chi connectivity index (χ1) is 6.05. The van der Waals surface area contributed by atoms with Crippen molar-refractivity contribution in [2.75, 3.05) is 0 Å². The maximum atomic E-state index is 12.4. The summed E-state index contributed by atoms with van der Waals surface area (Å²) in [6.45, 7) is 1.55. The third-order valence-electron chi connectivity index (χ3n) is 2.01. The first-order valence-electron chi connectivity index (χ1n) is 4.17. The summed E-state index contributed by atoms with van der Waals surface area (Å²) in [7, 11) is 0. The normalized spacial score (nSPS) is 14.2. The van der Waals surface area contributed by atoms with E-state index in [2.05, 4.69) is 0 Å². The van der Waals surface area contributed by atoms with Crippen LogP contribution in [-0.4, -0.2) is 6.18 Å². The highest BCUT2D eigenvalue weighted by molar-refractivity contribution is 5.20. The van der Waals surface area contributed by atoms with Crippen LogP contribution in [0.2, 0.25) is 0 Å². The molecule has 0 fully saturated rings. The molecule has 1 atom stereocenters. The van der Waals surface area contributed by atoms with Crippen LogP contribution in [0.1, 0.15) is 24.8 Å². The molecule has 0 saturated carbocycles. The summed E-state index contributed by atoms with van der Waals surface area (Å²) in [5.41, 5.74) is 0.345. The predicted molar refractivity (Wildman–Crippen MR) is 45.5 cm³/mol. The standard InChI is InChI=1S/C10H11F3/c1-2-9(10(11,12)13)8-6-4-3-5-7-8/h3-7,9H,2H2,1H3. The largest absolute Gasteiger partial charge is 0.395 e. The van der Waals surface area contributed by atoms with E-state index in [1.54, 1.807) is 25.1 Å². The van der Waals surface area contributed by atoms with Gasteiger partial charge in [-0.3, -0.25) is 0 Å². The van der Waals surface area contributed by atoms with Crippen LogP contribution < -0.4 is 0 Å². The molecular weight excluding hydrogens is 177 g/mol. The Morgan fingerprint density at radius 2 is 1.69 bits per heavy atom. The monoisotopic (exact) mass is 188 g/mol. The SMILES string of the molecule is CCC(c1ccccc1)C(F)(F)F. The van der Waals surface area contributed by atoms with Crippen molar-refractivity contribution in [1.29, 1.82) is 0 Å². The Bertz CT molecular complexity index is 251. The number of hydrogen-bond donors (Lipinski definition) is 0. The van der Waals surface area contributed by atoms with E-state index in [0.717, 1.165) is 0 Å². The van der Waals surface area contributed by atoms with Crippen molar-refractivity contribution < 1.29 is 13.2 Å². The number of benzene rings is 1. The maximum absolute atomic E-state index is 12.4. The second kappa shape index (κ2) is 3.81. The smallest absolute Gasteiger partial charge is 0.170 e. The molecule has 1 aromatic rings. The van der Waals surface area contributed by atoms with E-state index in [-0.39, 0.29) is 6.42 Å². The summed E-state index contributed by atoms with van der Waals surface area (Å²) in [6, 6.07) is 8.00. The third kappa shape index (κ3) is 2.47. The molecule has 0 aromatic heterocycles. The summed E-state index contributed by atoms with van der Waals surface area (Å²) in [5, 5.41) is 0. The van der Waals surface area contributed by atoms with Crippen LogP contribution in [0, 0.1) is 0 Å². The van der Waals surface area contributed by atoms with Crippen molar-refractivity contribution in [3.8, 4) is 0 Å². The van der Waals surface area contributed by atoms with Gasteiger partial charge in [0.05, 0.1) is 5.92 Å². The molecule has 1 unspecified atom stereocenters. The molecule has 0 aliphatic heterocycles. The Kier molecular flexibility index (Phi) is 2.96. The van der Waals surface area contributed by atoms with E-state index in [1.807, 2.05) is 0 Å². The number of alkyl halides is 3. The lowest BCUT2D eigenvalue weighted by Crippen LogP contribution is -2.19. The molecule has 1 aromatic carbocycles. The molecule has 0 amide bonds. The van der Waals surface area contributed by atoms with Crippen molar-refractivity contribution in [2.24, 2.45) is 0 Å². The summed E-state index contributed by atoms with van der Waals surface area (Å²) in [5.74, 6) is -1.33. The molecule has 0 aliphatic carbocycles. The van der Waals surface area contributed by atoms with Crippen molar-refractivity contribution in [2.45, 2.75) is 25.4 Å². The Balaban J connectivity index is 2.92. The van der Waals surface area contributed by atoms with Crippen molar-refractivity contribution in [3.63, 3.8) is 0 Å². The molecule has 72 valence electrons. The minimum atomic E-state index is -4.13. The zero-order chi connectivity index (χ0) is 9.90. The Morgan fingerprint density at radius 1 is 1.15 bits per heavy atom. The van der Waals surface area contributed by atoms with E-state index in [1.165, 1.54) is 12.1 Å². The Morgan fingerprint density at radius 3 is 2.08 bits per heavy atom. The zero-order valence-electron chi connectivity index (χ0n) is 7.31. The van der Waals surface area contributed by atoms with Crippen LogP contribution in [0.25, 0.3) is 0 Å². The van der Waals surface area contributed by atoms with Gasteiger partial charge < -0.3 is 0 Å². The van der Waals surface area contributed by atoms with Gasteiger partial charge >= 0.3 is 6.18 Å². The maximum Gasteiger partial charge on any atom is 0.395 e. The summed E-state index contributed by atoms with van der Waals surface area (Å²) in [6.07, 6.45) is -4.04. The quantitative estimate of drug-likeness (QED) is 0.663. The van der Waals surface area contributed by atoms with Crippen LogP contribution >= 0.6 is 0 Å². The van der Waals surface area contributed by atoms with Gasteiger partial charge in [-0.05, 0) is 12.0 Å². The van der Waals surface area contributed by atoms with E-state index < -0.39 is 12.1 Å². The highest BCUT2D eigenvalue weighted by Gasteiger charge is 2.38. The van der Waals surface area contributed by atoms with Gasteiger partial charge in [-0.15, -0.1) is 0 Å². The lowest BCUT2D eigenvalue weighted by atomic mass is 9.96. The molecule has 0 saturated heterocycles. The molecule has 0 bridgehead atoms. The second-order valence-electron chi connectivity index (χ2n) is 2.91. The summed E-state index contributed by atoms with van der Waals surface area (Å²) < 4.78 is 37.2. The molecule has 0 radical (unpaired) electrons. The Hall–Kier alpha value is -0.990. The van der Waals surface area contributed by atoms with Crippen LogP contribution in [-0.2, 0) is 0 Å². The van der Waals surface area contributed by atoms with Crippen LogP contribution in [0.3, 0.4) is 0 Å². The van der Waals surface area contributed by atoms with Gasteiger partial charge in [0.2, 0.25) is 0 Å². The molecule has 0 spiro atoms. The van der Waals surface area contributed by atoms with E-state index in [9.17, 15) is 13.2 Å². The predicted octanol–water partition coefficient (Wildman–Crippen LogP) is 3.74. The molecule has 3 heteroatoms. The number of rotatable bonds is 2. The first kappa shape index (κ1) is 10.1. The first-order valence-corrected chi connectivity index (χ1v) is 4.17. The molecule has 0 nitrogen and oxygen atoms in total. The molecular formula is C10H11F3. The second-order valence-corrected chi connectivity index (χ2v) is 2.91. The fourth-order valence-corrected chi connectivity index (χ4v) is 1.34. The lowest BCUT2D eigenvalue weighted by Gasteiger charge is -2.18. The van der Waals surface area contributed by atoms with E-state index in [4.69, 9.17) is 0 Å². The lowest BCUT2D eigenvalue weighted by molar-refractivity contribution is -0.151. The van der Waals surface area contributed by atoms with Crippen molar-refractivity contribution in [1.82, 2.24) is 0 Å². The van der Waals surface area contributed by atoms with Crippen LogP contribution in [0.15, 0.2) is 30.3 Å². The fraction of sp³-hybridized carbons (Fsp3) is 0.400. The van der Waals surface area contributed by atoms with Gasteiger partial charge in [-0.25, -0.2) is 0 Å². The van der Waals surface area contributed by atoms with Crippen molar-refractivity contribution in [3.05, 3.63) is 35.9 Å². The van der Waals surface area contributed by atoms with Gasteiger partial charge in [0.25, 0.3) is 0 Å². The highest BCUT2D eigenvalue weighted by atomic mass is 19.4. The van der Waals surface area contributed by atoms with Gasteiger partial charge in [0.15, 0.2) is 0 Å². The molecule has 0 heterocycles. The van der Waals surface area contributed by atoms with Gasteiger partial charge in [0.1, 0.15) is 0 Å². The molecule has 0 aliphatic rings. The average Bonchev–Trinajstić information content (AvgIpc) is 2.05. The topological polar surface area (TPSA) is 0 Å². The minimum absolute atomic E-state index is 0.0908. The van der Waals surface area contributed by atoms with Crippen molar-refractivity contribution >= 4 is 0 Å². The average molecular weight is 188 g/mol. The van der Waals surface area contributed by atoms with E-state index in [0.29, 0.717) is 5.56 Å². The van der Waals surface area contributed by atoms with Gasteiger partial charge in [-0.1, -0.05) is 37.3 Å². The zero-order valence-corrected chi connectivity index (χ0v) is 7.31. The fourth-order valence-electron chi connectivity index (χ4n) is 1.34. The molecule has 13 heavy (non-hydrogen) atoms. The molecule has 1 rings (SSSR count). The Labute approximate surface area is 75.4 Å². The van der Waals surface area contributed by atoms with Crippen LogP contribution in [0.4, 0.5) is 13.2 Å². The van der Waals surface area contributed by atoms with Gasteiger partial charge in [-0.2, -0.15) is 13.2 Å². The van der Waals surface area contributed by atoms with Crippen LogP contribution in [0.5, 0.6) is 0 Å². The molecule has 0 N–H and O–H groups in total. The minimum Gasteiger partial charge on any atom is -0.170 e. The summed E-state index contributed by atoms with van der Waals surface area (Å²) in [4.78, 5) is 0. The van der Waals surface area contributed by atoms with Gasteiger partial charge in [0, 0.05) is 0 Å². The highest BCUT2D eigenvalue weighted by Crippen LogP contribution is 2.36. The third-order valence-corrected chi connectivity index (χ3v) is 2.01.